The molecule has 0 aliphatic heterocycles. The van der Waals surface area contributed by atoms with Crippen molar-refractivity contribution in [3.8, 4) is 0 Å². The van der Waals surface area contributed by atoms with Crippen molar-refractivity contribution in [3.63, 3.8) is 0 Å². The number of nitrogens with zero attached hydrogens (tertiary/aromatic N) is 3. The zero-order chi connectivity index (χ0) is 9.42. The molecule has 0 saturated heterocycles. The predicted molar refractivity (Wildman–Crippen MR) is 50.8 cm³/mol. The molecule has 2 rings (SSSR count). The minimum absolute atomic E-state index is 0.440. The molecule has 0 amide bonds. The Kier molecular flexibility index (Phi) is 1.92. The lowest BCUT2D eigenvalue weighted by Gasteiger charge is -1.92. The maximum Gasteiger partial charge on any atom is 0.182 e. The maximum atomic E-state index is 5.91. The van der Waals surface area contributed by atoms with Gasteiger partial charge in [0.1, 0.15) is 17.2 Å². The second-order valence-corrected chi connectivity index (χ2v) is 3.16. The van der Waals surface area contributed by atoms with Crippen molar-refractivity contribution >= 4 is 22.8 Å². The van der Waals surface area contributed by atoms with Crippen molar-refractivity contribution < 1.29 is 0 Å². The van der Waals surface area contributed by atoms with E-state index in [-0.39, 0.29) is 0 Å². The molecule has 0 aliphatic rings. The lowest BCUT2D eigenvalue weighted by atomic mass is 10.5. The summed E-state index contributed by atoms with van der Waals surface area (Å²) in [7, 11) is 0. The number of aryl methyl sites for hydroxylation is 2. The van der Waals surface area contributed by atoms with Gasteiger partial charge in [-0.15, -0.1) is 0 Å². The molecule has 0 radical (unpaired) electrons. The van der Waals surface area contributed by atoms with E-state index in [1.807, 2.05) is 6.92 Å². The van der Waals surface area contributed by atoms with E-state index in [1.165, 1.54) is 0 Å². The van der Waals surface area contributed by atoms with Gasteiger partial charge in [-0.3, -0.25) is 0 Å². The van der Waals surface area contributed by atoms with Crippen molar-refractivity contribution in [1.82, 2.24) is 19.9 Å². The first-order chi connectivity index (χ1) is 6.20. The van der Waals surface area contributed by atoms with Gasteiger partial charge < -0.3 is 4.98 Å². The Morgan fingerprint density at radius 1 is 1.31 bits per heavy atom. The summed E-state index contributed by atoms with van der Waals surface area (Å²) in [6.07, 6.45) is 0.839. The fourth-order valence-electron chi connectivity index (χ4n) is 1.18. The molecule has 2 aromatic rings. The first-order valence-electron chi connectivity index (χ1n) is 4.09. The highest BCUT2D eigenvalue weighted by Crippen LogP contribution is 2.17. The number of H-pyrrole nitrogens is 1. The number of rotatable bonds is 1. The van der Waals surface area contributed by atoms with E-state index >= 15 is 0 Å². The Hall–Kier alpha value is -1.16. The number of halogens is 1. The Bertz CT molecular complexity index is 449. The third kappa shape index (κ3) is 1.37. The summed E-state index contributed by atoms with van der Waals surface area (Å²) in [5.74, 6) is 1.53. The number of nitrogens with one attached hydrogen (secondary N) is 1. The van der Waals surface area contributed by atoms with Crippen molar-refractivity contribution in [1.29, 1.82) is 0 Å². The molecular weight excluding hydrogens is 188 g/mol. The van der Waals surface area contributed by atoms with E-state index < -0.39 is 0 Å². The van der Waals surface area contributed by atoms with Gasteiger partial charge in [0.25, 0.3) is 0 Å². The van der Waals surface area contributed by atoms with Crippen LogP contribution in [0.3, 0.4) is 0 Å². The number of aromatic amines is 1. The summed E-state index contributed by atoms with van der Waals surface area (Å²) >= 11 is 5.91. The molecule has 5 heteroatoms. The Balaban J connectivity index is 2.75. The van der Waals surface area contributed by atoms with Crippen LogP contribution in [0.15, 0.2) is 0 Å². The summed E-state index contributed by atoms with van der Waals surface area (Å²) in [6.45, 7) is 3.82. The average Bonchev–Trinajstić information content (AvgIpc) is 2.47. The van der Waals surface area contributed by atoms with E-state index in [1.54, 1.807) is 6.92 Å². The van der Waals surface area contributed by atoms with E-state index in [2.05, 4.69) is 19.9 Å². The van der Waals surface area contributed by atoms with Crippen LogP contribution < -0.4 is 0 Å². The van der Waals surface area contributed by atoms with Crippen molar-refractivity contribution in [2.45, 2.75) is 20.3 Å². The highest BCUT2D eigenvalue weighted by atomic mass is 35.5. The molecular formula is C8H9ClN4. The molecule has 0 unspecified atom stereocenters. The third-order valence-corrected chi connectivity index (χ3v) is 2.08. The van der Waals surface area contributed by atoms with Crippen molar-refractivity contribution in [3.05, 3.63) is 16.8 Å². The predicted octanol–water partition coefficient (Wildman–Crippen LogP) is 1.88. The fourth-order valence-corrected chi connectivity index (χ4v) is 1.43. The van der Waals surface area contributed by atoms with Crippen LogP contribution in [-0.2, 0) is 6.42 Å². The molecule has 0 atom stereocenters. The quantitative estimate of drug-likeness (QED) is 0.709. The zero-order valence-corrected chi connectivity index (χ0v) is 8.18. The van der Waals surface area contributed by atoms with Gasteiger partial charge in [0.05, 0.1) is 0 Å². The molecule has 0 fully saturated rings. The Morgan fingerprint density at radius 2 is 2.08 bits per heavy atom. The minimum atomic E-state index is 0.440. The number of aromatic nitrogens is 4. The molecule has 4 nitrogen and oxygen atoms in total. The standard InChI is InChI=1S/C8H9ClN4/c1-3-5-12-6-7(9)10-4(2)11-8(6)13-5/h3H2,1-2H3,(H,10,11,12,13). The van der Waals surface area contributed by atoms with E-state index in [9.17, 15) is 0 Å². The molecule has 13 heavy (non-hydrogen) atoms. The summed E-state index contributed by atoms with van der Waals surface area (Å²) < 4.78 is 0. The summed E-state index contributed by atoms with van der Waals surface area (Å²) in [6, 6.07) is 0. The SMILES string of the molecule is CCc1nc2nc(C)nc(Cl)c2[nH]1. The van der Waals surface area contributed by atoms with Crippen LogP contribution >= 0.6 is 11.6 Å². The van der Waals surface area contributed by atoms with Gasteiger partial charge in [-0.1, -0.05) is 18.5 Å². The molecule has 2 heterocycles. The van der Waals surface area contributed by atoms with Gasteiger partial charge in [0.15, 0.2) is 10.8 Å². The summed E-state index contributed by atoms with van der Waals surface area (Å²) in [5.41, 5.74) is 1.37. The van der Waals surface area contributed by atoms with Crippen LogP contribution in [-0.4, -0.2) is 19.9 Å². The topological polar surface area (TPSA) is 54.5 Å². The van der Waals surface area contributed by atoms with Gasteiger partial charge in [-0.25, -0.2) is 15.0 Å². The summed E-state index contributed by atoms with van der Waals surface area (Å²) in [4.78, 5) is 15.5. The minimum Gasteiger partial charge on any atom is -0.338 e. The first-order valence-corrected chi connectivity index (χ1v) is 4.47. The summed E-state index contributed by atoms with van der Waals surface area (Å²) in [5, 5.41) is 0.440. The van der Waals surface area contributed by atoms with E-state index in [0.29, 0.717) is 16.6 Å². The lowest BCUT2D eigenvalue weighted by Crippen LogP contribution is -1.88. The molecule has 0 spiro atoms. The number of hydrogen-bond acceptors (Lipinski definition) is 3. The molecule has 68 valence electrons. The smallest absolute Gasteiger partial charge is 0.182 e. The average molecular weight is 197 g/mol. The van der Waals surface area contributed by atoms with Crippen molar-refractivity contribution in [2.75, 3.05) is 0 Å². The van der Waals surface area contributed by atoms with Crippen LogP contribution in [0.4, 0.5) is 0 Å². The molecule has 0 aliphatic carbocycles. The number of hydrogen-bond donors (Lipinski definition) is 1. The van der Waals surface area contributed by atoms with Crippen LogP contribution in [0.2, 0.25) is 5.15 Å². The third-order valence-electron chi connectivity index (χ3n) is 1.80. The highest BCUT2D eigenvalue weighted by molar-refractivity contribution is 6.33. The van der Waals surface area contributed by atoms with Gasteiger partial charge >= 0.3 is 0 Å². The maximum absolute atomic E-state index is 5.91. The second kappa shape index (κ2) is 2.96. The van der Waals surface area contributed by atoms with Gasteiger partial charge in [0, 0.05) is 6.42 Å². The van der Waals surface area contributed by atoms with Crippen LogP contribution in [0.25, 0.3) is 11.2 Å². The van der Waals surface area contributed by atoms with Gasteiger partial charge in [0.2, 0.25) is 0 Å². The largest absolute Gasteiger partial charge is 0.338 e. The molecule has 0 bridgehead atoms. The first kappa shape index (κ1) is 8.44. The highest BCUT2D eigenvalue weighted by Gasteiger charge is 2.07. The monoisotopic (exact) mass is 196 g/mol. The number of imidazole rings is 1. The molecule has 0 saturated carbocycles. The Morgan fingerprint density at radius 3 is 2.77 bits per heavy atom. The lowest BCUT2D eigenvalue weighted by molar-refractivity contribution is 0.996. The molecule has 2 aromatic heterocycles. The van der Waals surface area contributed by atoms with E-state index in [4.69, 9.17) is 11.6 Å². The normalized spacial score (nSPS) is 11.0. The van der Waals surface area contributed by atoms with Crippen LogP contribution in [0.1, 0.15) is 18.6 Å². The van der Waals surface area contributed by atoms with Crippen LogP contribution in [0, 0.1) is 6.92 Å². The van der Waals surface area contributed by atoms with E-state index in [0.717, 1.165) is 17.8 Å². The molecule has 0 aromatic carbocycles. The van der Waals surface area contributed by atoms with Gasteiger partial charge in [-0.05, 0) is 6.92 Å². The number of fused-ring (bicyclic) bond motifs is 1. The Labute approximate surface area is 80.4 Å². The second-order valence-electron chi connectivity index (χ2n) is 2.80. The zero-order valence-electron chi connectivity index (χ0n) is 7.43. The van der Waals surface area contributed by atoms with Gasteiger partial charge in [-0.2, -0.15) is 0 Å². The van der Waals surface area contributed by atoms with Crippen LogP contribution in [0.5, 0.6) is 0 Å². The molecule has 1 N–H and O–H groups in total. The van der Waals surface area contributed by atoms with Crippen molar-refractivity contribution in [2.24, 2.45) is 0 Å². The fraction of sp³-hybridized carbons (Fsp3) is 0.375.